The van der Waals surface area contributed by atoms with Crippen molar-refractivity contribution in [2.45, 2.75) is 18.9 Å². The maximum absolute atomic E-state index is 12.4. The van der Waals surface area contributed by atoms with Crippen LogP contribution in [0.15, 0.2) is 36.7 Å². The Balaban J connectivity index is 1.81. The Bertz CT molecular complexity index is 603. The van der Waals surface area contributed by atoms with Gasteiger partial charge in [-0.2, -0.15) is 5.10 Å². The first-order valence-electron chi connectivity index (χ1n) is 6.55. The summed E-state index contributed by atoms with van der Waals surface area (Å²) in [6, 6.07) is 8.02. The number of carbonyl (C=O) groups excluding carboxylic acids is 1. The number of hydrogen-bond acceptors (Lipinski definition) is 3. The second-order valence-electron chi connectivity index (χ2n) is 5.00. The lowest BCUT2D eigenvalue weighted by Gasteiger charge is -2.25. The molecule has 3 rings (SSSR count). The van der Waals surface area contributed by atoms with Crippen molar-refractivity contribution in [3.8, 4) is 0 Å². The maximum atomic E-state index is 12.4. The number of benzene rings is 1. The first-order valence-corrected chi connectivity index (χ1v) is 6.55. The number of nitrogens with one attached hydrogen (secondary N) is 1. The summed E-state index contributed by atoms with van der Waals surface area (Å²) in [5, 5.41) is 7.43. The lowest BCUT2D eigenvalue weighted by molar-refractivity contribution is -0.120. The van der Waals surface area contributed by atoms with Gasteiger partial charge < -0.3 is 5.32 Å². The van der Waals surface area contributed by atoms with E-state index in [0.29, 0.717) is 6.42 Å². The molecule has 0 saturated carbocycles. The summed E-state index contributed by atoms with van der Waals surface area (Å²) in [7, 11) is 1.86. The monoisotopic (exact) mass is 255 g/mol. The van der Waals surface area contributed by atoms with Gasteiger partial charge in [0.2, 0.25) is 0 Å². The Hall–Kier alpha value is -1.94. The van der Waals surface area contributed by atoms with E-state index in [2.05, 4.69) is 16.5 Å². The number of Topliss-reactive ketones (excluding diaryl/α,β-unsaturated/α-hetero) is 1. The van der Waals surface area contributed by atoms with Crippen LogP contribution < -0.4 is 5.32 Å². The molecule has 1 aliphatic heterocycles. The van der Waals surface area contributed by atoms with E-state index in [1.165, 1.54) is 5.56 Å². The molecule has 1 N–H and O–H groups in total. The van der Waals surface area contributed by atoms with Crippen LogP contribution in [0.5, 0.6) is 0 Å². The van der Waals surface area contributed by atoms with Crippen molar-refractivity contribution in [1.29, 1.82) is 0 Å². The highest BCUT2D eigenvalue weighted by molar-refractivity contribution is 5.87. The summed E-state index contributed by atoms with van der Waals surface area (Å²) in [6.07, 6.45) is 5.08. The third-order valence-corrected chi connectivity index (χ3v) is 3.57. The molecule has 0 amide bonds. The number of ketones is 1. The van der Waals surface area contributed by atoms with Crippen molar-refractivity contribution in [3.63, 3.8) is 0 Å². The highest BCUT2D eigenvalue weighted by Crippen LogP contribution is 2.24. The van der Waals surface area contributed by atoms with Gasteiger partial charge >= 0.3 is 0 Å². The molecule has 0 fully saturated rings. The molecule has 4 heteroatoms. The molecule has 1 unspecified atom stereocenters. The van der Waals surface area contributed by atoms with Gasteiger partial charge in [-0.3, -0.25) is 9.48 Å². The van der Waals surface area contributed by atoms with Gasteiger partial charge in [-0.15, -0.1) is 0 Å². The molecule has 98 valence electrons. The predicted octanol–water partition coefficient (Wildman–Crippen LogP) is 1.42. The fraction of sp³-hybridized carbons (Fsp3) is 0.333. The van der Waals surface area contributed by atoms with E-state index in [1.54, 1.807) is 10.9 Å². The van der Waals surface area contributed by atoms with Gasteiger partial charge in [0.1, 0.15) is 0 Å². The van der Waals surface area contributed by atoms with Crippen LogP contribution >= 0.6 is 0 Å². The van der Waals surface area contributed by atoms with Crippen LogP contribution in [0, 0.1) is 0 Å². The maximum Gasteiger partial charge on any atom is 0.158 e. The molecule has 0 saturated heterocycles. The number of aromatic nitrogens is 2. The van der Waals surface area contributed by atoms with Crippen LogP contribution in [-0.2, 0) is 24.7 Å². The second-order valence-corrected chi connectivity index (χ2v) is 5.00. The number of rotatable bonds is 3. The molecule has 1 aromatic heterocycles. The molecule has 19 heavy (non-hydrogen) atoms. The van der Waals surface area contributed by atoms with Gasteiger partial charge in [0.25, 0.3) is 0 Å². The zero-order valence-corrected chi connectivity index (χ0v) is 11.0. The SMILES string of the molecule is Cn1cc(CC(=O)C2NCCc3ccccc32)cn1. The third-order valence-electron chi connectivity index (χ3n) is 3.57. The normalized spacial score (nSPS) is 18.1. The molecule has 2 aromatic rings. The van der Waals surface area contributed by atoms with Crippen molar-refractivity contribution in [3.05, 3.63) is 53.3 Å². The molecule has 1 aromatic carbocycles. The number of aryl methyl sites for hydroxylation is 1. The summed E-state index contributed by atoms with van der Waals surface area (Å²) < 4.78 is 1.73. The number of carbonyl (C=O) groups is 1. The molecule has 2 heterocycles. The van der Waals surface area contributed by atoms with E-state index in [-0.39, 0.29) is 11.8 Å². The third kappa shape index (κ3) is 2.44. The highest BCUT2D eigenvalue weighted by atomic mass is 16.1. The van der Waals surface area contributed by atoms with Gasteiger partial charge in [0, 0.05) is 26.2 Å². The van der Waals surface area contributed by atoms with Crippen molar-refractivity contribution in [2.75, 3.05) is 6.54 Å². The molecular weight excluding hydrogens is 238 g/mol. The fourth-order valence-corrected chi connectivity index (χ4v) is 2.66. The van der Waals surface area contributed by atoms with Crippen LogP contribution in [0.1, 0.15) is 22.7 Å². The predicted molar refractivity (Wildman–Crippen MR) is 72.8 cm³/mol. The molecule has 0 radical (unpaired) electrons. The first-order chi connectivity index (χ1) is 9.24. The van der Waals surface area contributed by atoms with Crippen molar-refractivity contribution < 1.29 is 4.79 Å². The Labute approximate surface area is 112 Å². The number of hydrogen-bond donors (Lipinski definition) is 1. The Morgan fingerprint density at radius 3 is 3.11 bits per heavy atom. The Morgan fingerprint density at radius 1 is 1.47 bits per heavy atom. The summed E-state index contributed by atoms with van der Waals surface area (Å²) >= 11 is 0. The van der Waals surface area contributed by atoms with Crippen LogP contribution in [-0.4, -0.2) is 22.1 Å². The lowest BCUT2D eigenvalue weighted by atomic mass is 9.90. The van der Waals surface area contributed by atoms with Crippen molar-refractivity contribution in [1.82, 2.24) is 15.1 Å². The molecule has 1 atom stereocenters. The standard InChI is InChI=1S/C15H17N3O/c1-18-10-11(9-17-18)8-14(19)15-13-5-3-2-4-12(13)6-7-16-15/h2-5,9-10,15-16H,6-8H2,1H3. The number of fused-ring (bicyclic) bond motifs is 1. The zero-order chi connectivity index (χ0) is 13.2. The van der Waals surface area contributed by atoms with Gasteiger partial charge in [0.15, 0.2) is 5.78 Å². The minimum absolute atomic E-state index is 0.176. The van der Waals surface area contributed by atoms with Crippen LogP contribution in [0.4, 0.5) is 0 Å². The first kappa shape index (κ1) is 12.1. The summed E-state index contributed by atoms with van der Waals surface area (Å²) in [5.74, 6) is 0.208. The Morgan fingerprint density at radius 2 is 2.32 bits per heavy atom. The van der Waals surface area contributed by atoms with Gasteiger partial charge in [0.05, 0.1) is 12.2 Å². The molecule has 0 aliphatic carbocycles. The van der Waals surface area contributed by atoms with E-state index in [0.717, 1.165) is 24.1 Å². The number of nitrogens with zero attached hydrogens (tertiary/aromatic N) is 2. The quantitative estimate of drug-likeness (QED) is 0.902. The van der Waals surface area contributed by atoms with E-state index in [9.17, 15) is 4.79 Å². The molecule has 1 aliphatic rings. The average Bonchev–Trinajstić information content (AvgIpc) is 2.83. The minimum Gasteiger partial charge on any atom is -0.303 e. The summed E-state index contributed by atoms with van der Waals surface area (Å²) in [4.78, 5) is 12.4. The van der Waals surface area contributed by atoms with Crippen LogP contribution in [0.3, 0.4) is 0 Å². The van der Waals surface area contributed by atoms with Crippen LogP contribution in [0.2, 0.25) is 0 Å². The van der Waals surface area contributed by atoms with E-state index in [4.69, 9.17) is 0 Å². The van der Waals surface area contributed by atoms with Crippen molar-refractivity contribution >= 4 is 5.78 Å². The van der Waals surface area contributed by atoms with E-state index < -0.39 is 0 Å². The topological polar surface area (TPSA) is 46.9 Å². The summed E-state index contributed by atoms with van der Waals surface area (Å²) in [5.41, 5.74) is 3.38. The molecular formula is C15H17N3O. The largest absolute Gasteiger partial charge is 0.303 e. The highest BCUT2D eigenvalue weighted by Gasteiger charge is 2.25. The summed E-state index contributed by atoms with van der Waals surface area (Å²) in [6.45, 7) is 0.862. The van der Waals surface area contributed by atoms with Crippen LogP contribution in [0.25, 0.3) is 0 Å². The molecule has 4 nitrogen and oxygen atoms in total. The van der Waals surface area contributed by atoms with Gasteiger partial charge in [-0.1, -0.05) is 24.3 Å². The molecule has 0 bridgehead atoms. The zero-order valence-electron chi connectivity index (χ0n) is 11.0. The second kappa shape index (κ2) is 4.97. The average molecular weight is 255 g/mol. The van der Waals surface area contributed by atoms with Gasteiger partial charge in [-0.25, -0.2) is 0 Å². The van der Waals surface area contributed by atoms with E-state index >= 15 is 0 Å². The smallest absolute Gasteiger partial charge is 0.158 e. The lowest BCUT2D eigenvalue weighted by Crippen LogP contribution is -2.35. The molecule has 0 spiro atoms. The fourth-order valence-electron chi connectivity index (χ4n) is 2.66. The van der Waals surface area contributed by atoms with Gasteiger partial charge in [-0.05, 0) is 23.1 Å². The van der Waals surface area contributed by atoms with E-state index in [1.807, 2.05) is 31.4 Å². The van der Waals surface area contributed by atoms with Crippen molar-refractivity contribution in [2.24, 2.45) is 7.05 Å². The Kier molecular flexibility index (Phi) is 3.17. The minimum atomic E-state index is -0.176.